The second-order valence-corrected chi connectivity index (χ2v) is 3.07. The predicted octanol–water partition coefficient (Wildman–Crippen LogP) is -1.65. The molecule has 0 spiro atoms. The number of rotatable bonds is 5. The summed E-state index contributed by atoms with van der Waals surface area (Å²) >= 11 is 0. The van der Waals surface area contributed by atoms with E-state index in [-0.39, 0.29) is 11.9 Å². The van der Waals surface area contributed by atoms with E-state index in [2.05, 4.69) is 16.0 Å². The molecule has 1 heterocycles. The Balaban J connectivity index is 2.03. The summed E-state index contributed by atoms with van der Waals surface area (Å²) < 4.78 is 0. The van der Waals surface area contributed by atoms with Crippen molar-refractivity contribution in [3.63, 3.8) is 0 Å². The summed E-state index contributed by atoms with van der Waals surface area (Å²) in [5.74, 6) is -0.0455. The topological polar surface area (TPSA) is 73.5 Å². The number of nitrogens with zero attached hydrogens (tertiary/aromatic N) is 1. The van der Waals surface area contributed by atoms with Crippen LogP contribution in [0.15, 0.2) is 0 Å². The third-order valence-electron chi connectivity index (χ3n) is 2.07. The number of hydrogen-bond acceptors (Lipinski definition) is 3. The second kappa shape index (κ2) is 5.43. The molecule has 6 nitrogen and oxygen atoms in total. The zero-order valence-corrected chi connectivity index (χ0v) is 8.30. The third kappa shape index (κ3) is 3.21. The van der Waals surface area contributed by atoms with E-state index < -0.39 is 0 Å². The highest BCUT2D eigenvalue weighted by Gasteiger charge is 2.17. The van der Waals surface area contributed by atoms with E-state index in [4.69, 9.17) is 0 Å². The van der Waals surface area contributed by atoms with E-state index in [0.29, 0.717) is 26.2 Å². The molecule has 0 radical (unpaired) electrons. The van der Waals surface area contributed by atoms with Crippen molar-refractivity contribution in [2.45, 2.75) is 0 Å². The Bertz CT molecular complexity index is 219. The number of likely N-dealkylation sites (N-methyl/N-ethyl adjacent to an activating group) is 1. The fourth-order valence-corrected chi connectivity index (χ4v) is 1.23. The van der Waals surface area contributed by atoms with Gasteiger partial charge in [0.15, 0.2) is 0 Å². The lowest BCUT2D eigenvalue weighted by molar-refractivity contribution is -0.119. The molecular formula is C8H16N4O2. The molecule has 0 aromatic heterocycles. The van der Waals surface area contributed by atoms with Crippen molar-refractivity contribution < 1.29 is 9.59 Å². The molecule has 0 bridgehead atoms. The van der Waals surface area contributed by atoms with E-state index in [0.717, 1.165) is 6.54 Å². The molecule has 3 amide bonds. The SMILES string of the molecule is CNC(=O)CNCCN1CCNC1=O. The Morgan fingerprint density at radius 3 is 3.00 bits per heavy atom. The lowest BCUT2D eigenvalue weighted by atomic mass is 10.5. The molecule has 0 aromatic carbocycles. The quantitative estimate of drug-likeness (QED) is 0.465. The van der Waals surface area contributed by atoms with E-state index in [9.17, 15) is 9.59 Å². The van der Waals surface area contributed by atoms with Crippen LogP contribution < -0.4 is 16.0 Å². The van der Waals surface area contributed by atoms with Crippen molar-refractivity contribution in [2.24, 2.45) is 0 Å². The molecule has 1 rings (SSSR count). The van der Waals surface area contributed by atoms with Crippen LogP contribution in [0.5, 0.6) is 0 Å². The molecule has 0 unspecified atom stereocenters. The van der Waals surface area contributed by atoms with Crippen molar-refractivity contribution in [3.8, 4) is 0 Å². The summed E-state index contributed by atoms with van der Waals surface area (Å²) in [6, 6.07) is -0.0215. The molecule has 80 valence electrons. The molecule has 0 aliphatic carbocycles. The van der Waals surface area contributed by atoms with Gasteiger partial charge in [-0.25, -0.2) is 4.79 Å². The van der Waals surface area contributed by atoms with Gasteiger partial charge in [0.05, 0.1) is 6.54 Å². The molecule has 1 saturated heterocycles. The number of nitrogens with one attached hydrogen (secondary N) is 3. The standard InChI is InChI=1S/C8H16N4O2/c1-9-7(13)6-10-2-4-12-5-3-11-8(12)14/h10H,2-6H2,1H3,(H,9,13)(H,11,14). The Morgan fingerprint density at radius 1 is 1.64 bits per heavy atom. The molecule has 0 aromatic rings. The van der Waals surface area contributed by atoms with Gasteiger partial charge in [0.1, 0.15) is 0 Å². The fraction of sp³-hybridized carbons (Fsp3) is 0.750. The van der Waals surface area contributed by atoms with Crippen LogP contribution in [-0.4, -0.2) is 56.6 Å². The van der Waals surface area contributed by atoms with Gasteiger partial charge in [0, 0.05) is 33.2 Å². The maximum absolute atomic E-state index is 11.1. The average molecular weight is 200 g/mol. The molecule has 0 saturated carbocycles. The van der Waals surface area contributed by atoms with Crippen LogP contribution >= 0.6 is 0 Å². The molecule has 6 heteroatoms. The Morgan fingerprint density at radius 2 is 2.43 bits per heavy atom. The molecule has 3 N–H and O–H groups in total. The summed E-state index contributed by atoms with van der Waals surface area (Å²) in [6.07, 6.45) is 0. The van der Waals surface area contributed by atoms with E-state index >= 15 is 0 Å². The molecule has 0 atom stereocenters. The number of hydrogen-bond donors (Lipinski definition) is 3. The second-order valence-electron chi connectivity index (χ2n) is 3.07. The van der Waals surface area contributed by atoms with Crippen molar-refractivity contribution >= 4 is 11.9 Å². The van der Waals surface area contributed by atoms with Gasteiger partial charge in [0.25, 0.3) is 0 Å². The van der Waals surface area contributed by atoms with E-state index in [1.165, 1.54) is 0 Å². The van der Waals surface area contributed by atoms with Gasteiger partial charge in [-0.2, -0.15) is 0 Å². The summed E-state index contributed by atoms with van der Waals surface area (Å²) in [4.78, 5) is 23.6. The first-order valence-electron chi connectivity index (χ1n) is 4.68. The average Bonchev–Trinajstić information content (AvgIpc) is 2.58. The zero-order valence-electron chi connectivity index (χ0n) is 8.30. The number of carbonyl (C=O) groups is 2. The van der Waals surface area contributed by atoms with Crippen molar-refractivity contribution in [2.75, 3.05) is 39.8 Å². The minimum absolute atomic E-state index is 0.0215. The first kappa shape index (κ1) is 10.8. The highest BCUT2D eigenvalue weighted by molar-refractivity contribution is 5.77. The van der Waals surface area contributed by atoms with Gasteiger partial charge >= 0.3 is 6.03 Å². The van der Waals surface area contributed by atoms with Gasteiger partial charge in [-0.1, -0.05) is 0 Å². The number of carbonyl (C=O) groups excluding carboxylic acids is 2. The molecule has 14 heavy (non-hydrogen) atoms. The highest BCUT2D eigenvalue weighted by atomic mass is 16.2. The fourth-order valence-electron chi connectivity index (χ4n) is 1.23. The minimum atomic E-state index is -0.0455. The van der Waals surface area contributed by atoms with Gasteiger partial charge < -0.3 is 20.9 Å². The van der Waals surface area contributed by atoms with Gasteiger partial charge in [-0.05, 0) is 0 Å². The normalized spacial score (nSPS) is 15.5. The lowest BCUT2D eigenvalue weighted by Crippen LogP contribution is -2.38. The monoisotopic (exact) mass is 200 g/mol. The van der Waals surface area contributed by atoms with Crippen molar-refractivity contribution in [1.29, 1.82) is 0 Å². The summed E-state index contributed by atoms with van der Waals surface area (Å²) in [6.45, 7) is 3.05. The van der Waals surface area contributed by atoms with Crippen LogP contribution in [0.1, 0.15) is 0 Å². The Kier molecular flexibility index (Phi) is 4.18. The van der Waals surface area contributed by atoms with Crippen molar-refractivity contribution in [1.82, 2.24) is 20.9 Å². The summed E-state index contributed by atoms with van der Waals surface area (Å²) in [7, 11) is 1.60. The zero-order chi connectivity index (χ0) is 10.4. The van der Waals surface area contributed by atoms with Crippen LogP contribution in [-0.2, 0) is 4.79 Å². The highest BCUT2D eigenvalue weighted by Crippen LogP contribution is 1.93. The van der Waals surface area contributed by atoms with Crippen LogP contribution in [0.3, 0.4) is 0 Å². The van der Waals surface area contributed by atoms with Crippen LogP contribution in [0.4, 0.5) is 4.79 Å². The van der Waals surface area contributed by atoms with Gasteiger partial charge in [0.2, 0.25) is 5.91 Å². The van der Waals surface area contributed by atoms with Crippen LogP contribution in [0.25, 0.3) is 0 Å². The molecule has 1 aliphatic heterocycles. The lowest BCUT2D eigenvalue weighted by Gasteiger charge is -2.13. The van der Waals surface area contributed by atoms with Crippen LogP contribution in [0.2, 0.25) is 0 Å². The maximum Gasteiger partial charge on any atom is 0.317 e. The van der Waals surface area contributed by atoms with E-state index in [1.807, 2.05) is 0 Å². The smallest absolute Gasteiger partial charge is 0.317 e. The Hall–Kier alpha value is -1.30. The number of amides is 3. The van der Waals surface area contributed by atoms with Gasteiger partial charge in [-0.15, -0.1) is 0 Å². The maximum atomic E-state index is 11.1. The largest absolute Gasteiger partial charge is 0.358 e. The van der Waals surface area contributed by atoms with Gasteiger partial charge in [-0.3, -0.25) is 4.79 Å². The molecular weight excluding hydrogens is 184 g/mol. The summed E-state index contributed by atoms with van der Waals surface area (Å²) in [5.41, 5.74) is 0. The first-order chi connectivity index (χ1) is 6.74. The van der Waals surface area contributed by atoms with Crippen molar-refractivity contribution in [3.05, 3.63) is 0 Å². The van der Waals surface area contributed by atoms with Crippen LogP contribution in [0, 0.1) is 0 Å². The number of urea groups is 1. The predicted molar refractivity (Wildman–Crippen MR) is 51.9 cm³/mol. The van der Waals surface area contributed by atoms with E-state index in [1.54, 1.807) is 11.9 Å². The Labute approximate surface area is 83.0 Å². The molecule has 1 fully saturated rings. The summed E-state index contributed by atoms with van der Waals surface area (Å²) in [5, 5.41) is 8.17. The third-order valence-corrected chi connectivity index (χ3v) is 2.07. The first-order valence-corrected chi connectivity index (χ1v) is 4.68. The molecule has 1 aliphatic rings. The minimum Gasteiger partial charge on any atom is -0.358 e.